The van der Waals surface area contributed by atoms with Crippen LogP contribution in [-0.4, -0.2) is 68.9 Å². The Bertz CT molecular complexity index is 958. The molecule has 32 heavy (non-hydrogen) atoms. The summed E-state index contributed by atoms with van der Waals surface area (Å²) in [5.74, 6) is -3.19. The Kier molecular flexibility index (Phi) is 4.44. The summed E-state index contributed by atoms with van der Waals surface area (Å²) in [7, 11) is 0. The number of alkyl halides is 1. The largest absolute Gasteiger partial charge is 0.390 e. The number of hydrogen-bond acceptors (Lipinski definition) is 7. The molecule has 2 unspecified atom stereocenters. The quantitative estimate of drug-likeness (QED) is 0.583. The number of halogens is 1. The van der Waals surface area contributed by atoms with E-state index in [-0.39, 0.29) is 24.2 Å². The number of allylic oxidation sites excluding steroid dienone is 3. The van der Waals surface area contributed by atoms with Crippen molar-refractivity contribution in [1.82, 2.24) is 0 Å². The Labute approximate surface area is 186 Å². The molecule has 4 fully saturated rings. The van der Waals surface area contributed by atoms with E-state index in [0.29, 0.717) is 6.42 Å². The van der Waals surface area contributed by atoms with Crippen LogP contribution in [0.1, 0.15) is 47.0 Å². The van der Waals surface area contributed by atoms with Crippen molar-refractivity contribution >= 4 is 11.6 Å². The molecule has 1 saturated heterocycles. The van der Waals surface area contributed by atoms with Gasteiger partial charge in [-0.05, 0) is 63.7 Å². The summed E-state index contributed by atoms with van der Waals surface area (Å²) in [6.07, 6.45) is 1.02. The summed E-state index contributed by atoms with van der Waals surface area (Å²) in [5.41, 5.74) is -5.78. The van der Waals surface area contributed by atoms with E-state index in [4.69, 9.17) is 9.47 Å². The van der Waals surface area contributed by atoms with E-state index in [2.05, 4.69) is 0 Å². The molecular weight excluding hydrogens is 419 g/mol. The van der Waals surface area contributed by atoms with Gasteiger partial charge in [-0.2, -0.15) is 0 Å². The Balaban J connectivity index is 1.66. The number of hydrogen-bond donors (Lipinski definition) is 3. The zero-order chi connectivity index (χ0) is 23.5. The lowest BCUT2D eigenvalue weighted by Gasteiger charge is -2.63. The molecule has 8 heteroatoms. The molecule has 5 rings (SSSR count). The van der Waals surface area contributed by atoms with Crippen LogP contribution in [-0.2, 0) is 19.1 Å². The molecule has 0 spiro atoms. The number of rotatable bonds is 2. The van der Waals surface area contributed by atoms with E-state index in [1.54, 1.807) is 27.7 Å². The molecule has 0 radical (unpaired) electrons. The zero-order valence-corrected chi connectivity index (χ0v) is 18.8. The van der Waals surface area contributed by atoms with Gasteiger partial charge in [-0.15, -0.1) is 0 Å². The number of ether oxygens (including phenoxy) is 2. The first-order chi connectivity index (χ1) is 14.8. The third-order valence-corrected chi connectivity index (χ3v) is 9.22. The van der Waals surface area contributed by atoms with E-state index in [9.17, 15) is 24.9 Å². The summed E-state index contributed by atoms with van der Waals surface area (Å²) in [6.45, 7) is 6.06. The van der Waals surface area contributed by atoms with Gasteiger partial charge in [0.25, 0.3) is 0 Å². The average molecular weight is 451 g/mol. The van der Waals surface area contributed by atoms with E-state index in [1.807, 2.05) is 0 Å². The molecule has 0 bridgehead atoms. The van der Waals surface area contributed by atoms with Gasteiger partial charge in [0, 0.05) is 16.7 Å². The summed E-state index contributed by atoms with van der Waals surface area (Å²) < 4.78 is 29.5. The lowest BCUT2D eigenvalue weighted by Crippen LogP contribution is -2.71. The minimum Gasteiger partial charge on any atom is -0.390 e. The van der Waals surface area contributed by atoms with Crippen molar-refractivity contribution in [3.8, 4) is 0 Å². The van der Waals surface area contributed by atoms with Crippen LogP contribution in [0.3, 0.4) is 0 Å². The van der Waals surface area contributed by atoms with E-state index in [1.165, 1.54) is 18.2 Å². The molecule has 5 aliphatic rings. The van der Waals surface area contributed by atoms with Gasteiger partial charge in [0.05, 0.1) is 18.3 Å². The number of ketones is 2. The molecule has 7 nitrogen and oxygen atoms in total. The number of carbonyl (C=O) groups is 2. The van der Waals surface area contributed by atoms with Crippen LogP contribution in [0.2, 0.25) is 0 Å². The van der Waals surface area contributed by atoms with Gasteiger partial charge in [-0.25, -0.2) is 4.39 Å². The van der Waals surface area contributed by atoms with Crippen molar-refractivity contribution in [3.05, 3.63) is 23.8 Å². The third-order valence-electron chi connectivity index (χ3n) is 9.22. The van der Waals surface area contributed by atoms with Crippen LogP contribution in [0.15, 0.2) is 23.8 Å². The highest BCUT2D eigenvalue weighted by Crippen LogP contribution is 2.72. The summed E-state index contributed by atoms with van der Waals surface area (Å²) in [4.78, 5) is 25.1. The van der Waals surface area contributed by atoms with Gasteiger partial charge in [-0.3, -0.25) is 9.59 Å². The number of carbonyl (C=O) groups excluding carboxylic acids is 2. The maximum atomic E-state index is 17.2. The molecule has 3 saturated carbocycles. The maximum absolute atomic E-state index is 17.2. The molecule has 0 aromatic carbocycles. The van der Waals surface area contributed by atoms with E-state index < -0.39 is 70.4 Å². The maximum Gasteiger partial charge on any atom is 0.193 e. The minimum absolute atomic E-state index is 0.00979. The first-order valence-electron chi connectivity index (χ1n) is 11.3. The second-order valence-electron chi connectivity index (χ2n) is 11.1. The summed E-state index contributed by atoms with van der Waals surface area (Å²) in [5, 5.41) is 32.2. The van der Waals surface area contributed by atoms with E-state index >= 15 is 4.39 Å². The molecule has 3 N–H and O–H groups in total. The fourth-order valence-corrected chi connectivity index (χ4v) is 7.96. The molecule has 0 aromatic rings. The predicted octanol–water partition coefficient (Wildman–Crippen LogP) is 1.39. The molecule has 0 aromatic heterocycles. The lowest BCUT2D eigenvalue weighted by atomic mass is 9.44. The van der Waals surface area contributed by atoms with Gasteiger partial charge < -0.3 is 24.8 Å². The number of Topliss-reactive ketones (excluding diaryl/α,β-unsaturated/α-hetero) is 1. The third kappa shape index (κ3) is 2.32. The normalized spacial score (nSPS) is 53.2. The average Bonchev–Trinajstić information content (AvgIpc) is 3.11. The molecule has 1 heterocycles. The number of fused-ring (bicyclic) bond motifs is 7. The van der Waals surface area contributed by atoms with Gasteiger partial charge in [0.15, 0.2) is 28.6 Å². The first kappa shape index (κ1) is 22.3. The van der Waals surface area contributed by atoms with E-state index in [0.717, 1.165) is 0 Å². The molecule has 1 aliphatic heterocycles. The minimum atomic E-state index is -2.16. The van der Waals surface area contributed by atoms with Crippen molar-refractivity contribution in [2.75, 3.05) is 6.61 Å². The van der Waals surface area contributed by atoms with Crippen molar-refractivity contribution in [2.24, 2.45) is 22.7 Å². The van der Waals surface area contributed by atoms with Gasteiger partial charge >= 0.3 is 0 Å². The molecule has 9 atom stereocenters. The van der Waals surface area contributed by atoms with Crippen molar-refractivity contribution in [1.29, 1.82) is 0 Å². The van der Waals surface area contributed by atoms with Crippen molar-refractivity contribution in [2.45, 2.75) is 82.3 Å². The highest BCUT2D eigenvalue weighted by Gasteiger charge is 2.80. The van der Waals surface area contributed by atoms with Crippen LogP contribution in [0.25, 0.3) is 0 Å². The van der Waals surface area contributed by atoms with Crippen LogP contribution in [0.5, 0.6) is 0 Å². The second kappa shape index (κ2) is 6.36. The highest BCUT2D eigenvalue weighted by molar-refractivity contribution is 6.01. The SMILES string of the molecule is CC1(C)OC2C[C@H]3[C@@H]4C[C@@H](O)C5=CC(=O)C=C[C@]5(C)[C@@]4(F)[C@@H](O)C[C@]3(C)C2(C(=O)CO)O1. The fraction of sp³-hybridized carbons (Fsp3) is 0.750. The Hall–Kier alpha value is -1.45. The molecule has 176 valence electrons. The Morgan fingerprint density at radius 3 is 2.53 bits per heavy atom. The number of aliphatic hydroxyl groups is 3. The monoisotopic (exact) mass is 450 g/mol. The van der Waals surface area contributed by atoms with Crippen LogP contribution >= 0.6 is 0 Å². The van der Waals surface area contributed by atoms with Gasteiger partial charge in [-0.1, -0.05) is 13.0 Å². The Morgan fingerprint density at radius 2 is 1.88 bits per heavy atom. The van der Waals surface area contributed by atoms with Gasteiger partial charge in [0.1, 0.15) is 6.61 Å². The van der Waals surface area contributed by atoms with Crippen LogP contribution < -0.4 is 0 Å². The molecule has 0 amide bonds. The highest BCUT2D eigenvalue weighted by atomic mass is 19.1. The van der Waals surface area contributed by atoms with Crippen LogP contribution in [0.4, 0.5) is 4.39 Å². The fourth-order valence-electron chi connectivity index (χ4n) is 7.96. The smallest absolute Gasteiger partial charge is 0.193 e. The first-order valence-corrected chi connectivity index (χ1v) is 11.3. The number of aliphatic hydroxyl groups excluding tert-OH is 3. The topological polar surface area (TPSA) is 113 Å². The van der Waals surface area contributed by atoms with Crippen molar-refractivity contribution < 1.29 is 38.8 Å². The standard InChI is InChI=1S/C24H31FO7/c1-20(2)31-19-9-13-14-8-16(28)15-7-12(27)5-6-21(15,3)23(14,25)17(29)10-22(13,4)24(19,32-20)18(30)11-26/h5-7,13-14,16-17,19,26,28-29H,8-11H2,1-4H3/t13-,14-,16+,17-,19?,21-,22-,23-,24?/m0/s1. The second-order valence-corrected chi connectivity index (χ2v) is 11.1. The predicted molar refractivity (Wildman–Crippen MR) is 110 cm³/mol. The Morgan fingerprint density at radius 1 is 1.19 bits per heavy atom. The molecular formula is C24H31FO7. The molecule has 4 aliphatic carbocycles. The lowest BCUT2D eigenvalue weighted by molar-refractivity contribution is -0.250. The van der Waals surface area contributed by atoms with Gasteiger partial charge in [0.2, 0.25) is 0 Å². The summed E-state index contributed by atoms with van der Waals surface area (Å²) in [6, 6.07) is 0. The van der Waals surface area contributed by atoms with Crippen molar-refractivity contribution in [3.63, 3.8) is 0 Å². The zero-order valence-electron chi connectivity index (χ0n) is 18.8. The summed E-state index contributed by atoms with van der Waals surface area (Å²) >= 11 is 0. The van der Waals surface area contributed by atoms with Crippen LogP contribution in [0, 0.1) is 22.7 Å².